The van der Waals surface area contributed by atoms with Crippen LogP contribution in [-0.4, -0.2) is 27.9 Å². The van der Waals surface area contributed by atoms with E-state index in [9.17, 15) is 9.59 Å². The number of benzene rings is 2. The number of carbonyl (C=O) groups excluding carboxylic acids is 2. The zero-order chi connectivity index (χ0) is 19.6. The fourth-order valence-electron chi connectivity index (χ4n) is 2.59. The van der Waals surface area contributed by atoms with E-state index in [0.29, 0.717) is 22.3 Å². The summed E-state index contributed by atoms with van der Waals surface area (Å²) in [5.74, 6) is -0.964. The third kappa shape index (κ3) is 4.11. The third-order valence-electron chi connectivity index (χ3n) is 4.37. The first kappa shape index (κ1) is 18.5. The van der Waals surface area contributed by atoms with Gasteiger partial charge < -0.3 is 10.1 Å². The third-order valence-corrected chi connectivity index (χ3v) is 4.37. The molecule has 0 aliphatic rings. The Hall–Kier alpha value is -3.28. The number of esters is 1. The van der Waals surface area contributed by atoms with Crippen LogP contribution in [0.2, 0.25) is 0 Å². The summed E-state index contributed by atoms with van der Waals surface area (Å²) in [5, 5.41) is 2.77. The van der Waals surface area contributed by atoms with E-state index < -0.39 is 12.1 Å². The van der Waals surface area contributed by atoms with Crippen molar-refractivity contribution in [1.82, 2.24) is 9.97 Å². The molecule has 0 bridgehead atoms. The lowest BCUT2D eigenvalue weighted by Gasteiger charge is -2.15. The predicted molar refractivity (Wildman–Crippen MR) is 104 cm³/mol. The van der Waals surface area contributed by atoms with Crippen LogP contribution in [0.3, 0.4) is 0 Å². The lowest BCUT2D eigenvalue weighted by molar-refractivity contribution is -0.123. The van der Waals surface area contributed by atoms with Crippen LogP contribution in [0.5, 0.6) is 0 Å². The summed E-state index contributed by atoms with van der Waals surface area (Å²) in [7, 11) is 0. The number of amides is 1. The second-order valence-electron chi connectivity index (χ2n) is 6.45. The minimum absolute atomic E-state index is 0.329. The number of fused-ring (bicyclic) bond motifs is 1. The molecular formula is C21H21N3O3. The predicted octanol–water partition coefficient (Wildman–Crippen LogP) is 3.74. The van der Waals surface area contributed by atoms with Crippen LogP contribution in [0.4, 0.5) is 5.69 Å². The average Bonchev–Trinajstić information content (AvgIpc) is 2.64. The molecule has 0 saturated heterocycles. The SMILES string of the molecule is Cc1ccccc1NC(=O)C(C)OC(=O)c1ccc2nc(C)c(C)nc2c1. The van der Waals surface area contributed by atoms with E-state index >= 15 is 0 Å². The van der Waals surface area contributed by atoms with Crippen molar-refractivity contribution in [3.8, 4) is 0 Å². The molecule has 1 aromatic heterocycles. The number of nitrogens with zero attached hydrogens (tertiary/aromatic N) is 2. The number of rotatable bonds is 4. The van der Waals surface area contributed by atoms with Crippen LogP contribution >= 0.6 is 0 Å². The molecular weight excluding hydrogens is 342 g/mol. The zero-order valence-electron chi connectivity index (χ0n) is 15.7. The van der Waals surface area contributed by atoms with Gasteiger partial charge in [-0.15, -0.1) is 0 Å². The van der Waals surface area contributed by atoms with Crippen LogP contribution in [-0.2, 0) is 9.53 Å². The van der Waals surface area contributed by atoms with E-state index in [1.165, 1.54) is 0 Å². The zero-order valence-corrected chi connectivity index (χ0v) is 15.7. The average molecular weight is 363 g/mol. The van der Waals surface area contributed by atoms with Gasteiger partial charge in [0.25, 0.3) is 5.91 Å². The summed E-state index contributed by atoms with van der Waals surface area (Å²) in [5.41, 5.74) is 4.93. The first-order valence-electron chi connectivity index (χ1n) is 8.67. The number of aromatic nitrogens is 2. The molecule has 0 spiro atoms. The van der Waals surface area contributed by atoms with E-state index in [2.05, 4.69) is 15.3 Å². The van der Waals surface area contributed by atoms with Gasteiger partial charge in [-0.2, -0.15) is 0 Å². The summed E-state index contributed by atoms with van der Waals surface area (Å²) in [4.78, 5) is 33.6. The summed E-state index contributed by atoms with van der Waals surface area (Å²) < 4.78 is 5.31. The molecule has 0 saturated carbocycles. The number of ether oxygens (including phenoxy) is 1. The Morgan fingerprint density at radius 2 is 1.63 bits per heavy atom. The highest BCUT2D eigenvalue weighted by atomic mass is 16.5. The number of aryl methyl sites for hydroxylation is 3. The first-order valence-corrected chi connectivity index (χ1v) is 8.67. The van der Waals surface area contributed by atoms with Gasteiger partial charge in [0.15, 0.2) is 6.10 Å². The number of hydrogen-bond donors (Lipinski definition) is 1. The van der Waals surface area contributed by atoms with Gasteiger partial charge in [-0.25, -0.2) is 14.8 Å². The molecule has 2 aromatic carbocycles. The maximum atomic E-state index is 12.4. The van der Waals surface area contributed by atoms with Crippen LogP contribution < -0.4 is 5.32 Å². The van der Waals surface area contributed by atoms with Gasteiger partial charge in [0.1, 0.15) is 0 Å². The number of para-hydroxylation sites is 1. The lowest BCUT2D eigenvalue weighted by atomic mass is 10.1. The van der Waals surface area contributed by atoms with E-state index in [1.54, 1.807) is 31.2 Å². The second kappa shape index (κ2) is 7.53. The van der Waals surface area contributed by atoms with E-state index in [1.807, 2.05) is 39.0 Å². The maximum absolute atomic E-state index is 12.4. The van der Waals surface area contributed by atoms with Crippen LogP contribution in [0.15, 0.2) is 42.5 Å². The van der Waals surface area contributed by atoms with Crippen molar-refractivity contribution < 1.29 is 14.3 Å². The minimum atomic E-state index is -0.932. The first-order chi connectivity index (χ1) is 12.8. The molecule has 138 valence electrons. The second-order valence-corrected chi connectivity index (χ2v) is 6.45. The fourth-order valence-corrected chi connectivity index (χ4v) is 2.59. The van der Waals surface area contributed by atoms with Crippen LogP contribution in [0, 0.1) is 20.8 Å². The van der Waals surface area contributed by atoms with E-state index in [0.717, 1.165) is 17.0 Å². The Labute approximate surface area is 157 Å². The number of hydrogen-bond acceptors (Lipinski definition) is 5. The molecule has 1 unspecified atom stereocenters. The lowest BCUT2D eigenvalue weighted by Crippen LogP contribution is -2.30. The van der Waals surface area contributed by atoms with Crippen molar-refractivity contribution in [2.75, 3.05) is 5.32 Å². The molecule has 0 fully saturated rings. The molecule has 1 amide bonds. The van der Waals surface area contributed by atoms with Crippen molar-refractivity contribution >= 4 is 28.6 Å². The van der Waals surface area contributed by atoms with Gasteiger partial charge in [-0.1, -0.05) is 18.2 Å². The summed E-state index contributed by atoms with van der Waals surface area (Å²) >= 11 is 0. The molecule has 3 rings (SSSR count). The Morgan fingerprint density at radius 3 is 2.33 bits per heavy atom. The molecule has 0 aliphatic heterocycles. The molecule has 0 radical (unpaired) electrons. The monoisotopic (exact) mass is 363 g/mol. The van der Waals surface area contributed by atoms with Gasteiger partial charge in [0, 0.05) is 5.69 Å². The molecule has 1 atom stereocenters. The highest BCUT2D eigenvalue weighted by Crippen LogP contribution is 2.17. The molecule has 0 aliphatic carbocycles. The van der Waals surface area contributed by atoms with Crippen molar-refractivity contribution in [1.29, 1.82) is 0 Å². The van der Waals surface area contributed by atoms with Crippen molar-refractivity contribution in [2.24, 2.45) is 0 Å². The number of anilines is 1. The quantitative estimate of drug-likeness (QED) is 0.714. The van der Waals surface area contributed by atoms with Crippen LogP contribution in [0.25, 0.3) is 11.0 Å². The van der Waals surface area contributed by atoms with Gasteiger partial charge in [0.05, 0.1) is 28.0 Å². The van der Waals surface area contributed by atoms with Crippen molar-refractivity contribution in [2.45, 2.75) is 33.8 Å². The van der Waals surface area contributed by atoms with Crippen molar-refractivity contribution in [3.05, 3.63) is 65.0 Å². The Bertz CT molecular complexity index is 1030. The Morgan fingerprint density at radius 1 is 0.963 bits per heavy atom. The minimum Gasteiger partial charge on any atom is -0.449 e. The largest absolute Gasteiger partial charge is 0.449 e. The summed E-state index contributed by atoms with van der Waals surface area (Å²) in [6, 6.07) is 12.4. The molecule has 6 nitrogen and oxygen atoms in total. The molecule has 27 heavy (non-hydrogen) atoms. The van der Waals surface area contributed by atoms with Gasteiger partial charge >= 0.3 is 5.97 Å². The van der Waals surface area contributed by atoms with E-state index in [4.69, 9.17) is 4.74 Å². The van der Waals surface area contributed by atoms with Crippen molar-refractivity contribution in [3.63, 3.8) is 0 Å². The highest BCUT2D eigenvalue weighted by molar-refractivity contribution is 5.98. The van der Waals surface area contributed by atoms with Crippen LogP contribution in [0.1, 0.15) is 34.2 Å². The number of carbonyl (C=O) groups is 2. The maximum Gasteiger partial charge on any atom is 0.338 e. The fraction of sp³-hybridized carbons (Fsp3) is 0.238. The Balaban J connectivity index is 1.72. The molecule has 1 heterocycles. The summed E-state index contributed by atoms with van der Waals surface area (Å²) in [6.07, 6.45) is -0.932. The van der Waals surface area contributed by atoms with E-state index in [-0.39, 0.29) is 5.91 Å². The number of nitrogens with one attached hydrogen (secondary N) is 1. The molecule has 1 N–H and O–H groups in total. The standard InChI is InChI=1S/C21H21N3O3/c1-12-7-5-6-8-17(12)24-20(25)15(4)27-21(26)16-9-10-18-19(11-16)23-14(3)13(2)22-18/h5-11,15H,1-4H3,(H,24,25). The normalized spacial score (nSPS) is 11.9. The van der Waals surface area contributed by atoms with Gasteiger partial charge in [-0.3, -0.25) is 4.79 Å². The smallest absolute Gasteiger partial charge is 0.338 e. The summed E-state index contributed by atoms with van der Waals surface area (Å²) in [6.45, 7) is 7.19. The molecule has 3 aromatic rings. The molecule has 6 heteroatoms. The van der Waals surface area contributed by atoms with Gasteiger partial charge in [0.2, 0.25) is 0 Å². The van der Waals surface area contributed by atoms with Gasteiger partial charge in [-0.05, 0) is 57.5 Å². The Kier molecular flexibility index (Phi) is 5.16. The highest BCUT2D eigenvalue weighted by Gasteiger charge is 2.20. The topological polar surface area (TPSA) is 81.2 Å².